The fraction of sp³-hybridized carbons (Fsp3) is 0.421. The lowest BCUT2D eigenvalue weighted by molar-refractivity contribution is 0.574. The second-order valence-corrected chi connectivity index (χ2v) is 7.22. The Labute approximate surface area is 150 Å². The van der Waals surface area contributed by atoms with Crippen LogP contribution < -0.4 is 16.3 Å². The second-order valence-electron chi connectivity index (χ2n) is 7.22. The lowest BCUT2D eigenvalue weighted by atomic mass is 10.1. The van der Waals surface area contributed by atoms with Gasteiger partial charge in [-0.1, -0.05) is 24.3 Å². The second kappa shape index (κ2) is 6.25. The molecule has 0 spiro atoms. The van der Waals surface area contributed by atoms with Crippen molar-refractivity contribution in [1.29, 1.82) is 0 Å². The predicted molar refractivity (Wildman–Crippen MR) is 101 cm³/mol. The molecule has 2 aliphatic rings. The summed E-state index contributed by atoms with van der Waals surface area (Å²) in [5.74, 6) is 1.19. The highest BCUT2D eigenvalue weighted by Gasteiger charge is 2.27. The molecule has 7 heteroatoms. The third-order valence-corrected chi connectivity index (χ3v) is 5.58. The van der Waals surface area contributed by atoms with Gasteiger partial charge >= 0.3 is 5.69 Å². The van der Waals surface area contributed by atoms with Crippen molar-refractivity contribution in [3.8, 4) is 0 Å². The summed E-state index contributed by atoms with van der Waals surface area (Å²) in [5.41, 5.74) is 3.79. The van der Waals surface area contributed by atoms with Crippen LogP contribution >= 0.6 is 0 Å². The van der Waals surface area contributed by atoms with E-state index in [0.717, 1.165) is 32.5 Å². The van der Waals surface area contributed by atoms with Gasteiger partial charge in [0.05, 0.1) is 12.2 Å². The summed E-state index contributed by atoms with van der Waals surface area (Å²) < 4.78 is 1.80. The maximum atomic E-state index is 12.6. The van der Waals surface area contributed by atoms with Crippen molar-refractivity contribution in [2.24, 2.45) is 5.92 Å². The van der Waals surface area contributed by atoms with Crippen molar-refractivity contribution >= 4 is 17.1 Å². The number of hydrogen-bond acceptors (Lipinski definition) is 5. The molecule has 7 nitrogen and oxygen atoms in total. The molecule has 3 heterocycles. The van der Waals surface area contributed by atoms with Crippen LogP contribution in [0.4, 0.5) is 5.95 Å². The molecule has 1 fully saturated rings. The molecule has 0 unspecified atom stereocenters. The van der Waals surface area contributed by atoms with Gasteiger partial charge in [0.25, 0.3) is 0 Å². The van der Waals surface area contributed by atoms with E-state index in [4.69, 9.17) is 0 Å². The van der Waals surface area contributed by atoms with Gasteiger partial charge in [-0.05, 0) is 49.4 Å². The van der Waals surface area contributed by atoms with Gasteiger partial charge in [0.2, 0.25) is 5.95 Å². The van der Waals surface area contributed by atoms with Crippen molar-refractivity contribution in [2.45, 2.75) is 25.3 Å². The molecule has 134 valence electrons. The van der Waals surface area contributed by atoms with Crippen LogP contribution in [-0.2, 0) is 6.42 Å². The van der Waals surface area contributed by atoms with Crippen molar-refractivity contribution in [1.82, 2.24) is 24.8 Å². The van der Waals surface area contributed by atoms with E-state index >= 15 is 0 Å². The molecule has 0 radical (unpaired) electrons. The van der Waals surface area contributed by atoms with E-state index in [1.165, 1.54) is 17.5 Å². The summed E-state index contributed by atoms with van der Waals surface area (Å²) in [5, 5.41) is 6.70. The summed E-state index contributed by atoms with van der Waals surface area (Å²) in [6.45, 7) is 2.95. The van der Waals surface area contributed by atoms with Crippen molar-refractivity contribution in [3.05, 3.63) is 52.1 Å². The average molecular weight is 350 g/mol. The zero-order chi connectivity index (χ0) is 17.5. The van der Waals surface area contributed by atoms with Crippen molar-refractivity contribution < 1.29 is 0 Å². The minimum absolute atomic E-state index is 0.0363. The largest absolute Gasteiger partial charge is 0.354 e. The van der Waals surface area contributed by atoms with Gasteiger partial charge in [-0.25, -0.2) is 9.78 Å². The molecule has 1 saturated heterocycles. The molecule has 3 aromatic rings. The number of imidazole rings is 1. The monoisotopic (exact) mass is 350 g/mol. The quantitative estimate of drug-likeness (QED) is 0.666. The molecule has 2 aromatic heterocycles. The third-order valence-electron chi connectivity index (χ3n) is 5.58. The zero-order valence-electron chi connectivity index (χ0n) is 14.5. The number of H-pyrrole nitrogens is 1. The highest BCUT2D eigenvalue weighted by Crippen LogP contribution is 2.34. The smallest absolute Gasteiger partial charge is 0.328 e. The van der Waals surface area contributed by atoms with Crippen LogP contribution in [0.2, 0.25) is 0 Å². The van der Waals surface area contributed by atoms with Gasteiger partial charge in [0.15, 0.2) is 5.65 Å². The highest BCUT2D eigenvalue weighted by molar-refractivity contribution is 5.71. The Bertz CT molecular complexity index is 1000. The SMILES string of the molecule is O=c1[nH]c2cnc(NC[C@@H]3CCNC3)nc2n1[C@@H]1CCc2ccccc21. The average Bonchev–Trinajstić information content (AvgIpc) is 3.37. The number of anilines is 1. The Morgan fingerprint density at radius 3 is 3.08 bits per heavy atom. The van der Waals surface area contributed by atoms with Crippen LogP contribution in [0, 0.1) is 5.92 Å². The third kappa shape index (κ3) is 2.59. The topological polar surface area (TPSA) is 87.6 Å². The van der Waals surface area contributed by atoms with Gasteiger partial charge in [0, 0.05) is 6.54 Å². The number of nitrogens with zero attached hydrogens (tertiary/aromatic N) is 3. The summed E-state index contributed by atoms with van der Waals surface area (Å²) in [6.07, 6.45) is 4.79. The summed E-state index contributed by atoms with van der Waals surface area (Å²) in [6, 6.07) is 8.39. The number of aromatic nitrogens is 4. The van der Waals surface area contributed by atoms with Crippen LogP contribution in [0.5, 0.6) is 0 Å². The zero-order valence-corrected chi connectivity index (χ0v) is 14.5. The maximum absolute atomic E-state index is 12.6. The van der Waals surface area contributed by atoms with Crippen LogP contribution in [0.15, 0.2) is 35.3 Å². The van der Waals surface area contributed by atoms with Gasteiger partial charge in [-0.2, -0.15) is 4.98 Å². The van der Waals surface area contributed by atoms with Crippen molar-refractivity contribution in [2.75, 3.05) is 25.0 Å². The molecule has 1 aliphatic heterocycles. The molecule has 2 atom stereocenters. The number of nitrogens with one attached hydrogen (secondary N) is 3. The Kier molecular flexibility index (Phi) is 3.74. The summed E-state index contributed by atoms with van der Waals surface area (Å²) in [7, 11) is 0. The van der Waals surface area contributed by atoms with Crippen LogP contribution in [0.3, 0.4) is 0 Å². The molecule has 3 N–H and O–H groups in total. The van der Waals surface area contributed by atoms with E-state index in [1.54, 1.807) is 10.8 Å². The number of rotatable bonds is 4. The van der Waals surface area contributed by atoms with E-state index in [1.807, 2.05) is 6.07 Å². The van der Waals surface area contributed by atoms with E-state index < -0.39 is 0 Å². The predicted octanol–water partition coefficient (Wildman–Crippen LogP) is 1.68. The van der Waals surface area contributed by atoms with Crippen molar-refractivity contribution in [3.63, 3.8) is 0 Å². The first-order chi connectivity index (χ1) is 12.8. The standard InChI is InChI=1S/C19H22N6O/c26-19-23-15-11-22-18(21-10-12-7-8-20-9-12)24-17(15)25(19)16-6-5-13-3-1-2-4-14(13)16/h1-4,11-12,16,20H,5-10H2,(H,23,26)(H,21,22,24)/t12-,16-/m1/s1. The molecule has 26 heavy (non-hydrogen) atoms. The van der Waals surface area contributed by atoms with Gasteiger partial charge in [0.1, 0.15) is 5.52 Å². The summed E-state index contributed by atoms with van der Waals surface area (Å²) >= 11 is 0. The Balaban J connectivity index is 1.50. The molecule has 1 aliphatic carbocycles. The Morgan fingerprint density at radius 2 is 2.19 bits per heavy atom. The molecule has 0 saturated carbocycles. The van der Waals surface area contributed by atoms with Crippen LogP contribution in [-0.4, -0.2) is 39.2 Å². The number of fused-ring (bicyclic) bond motifs is 2. The molecule has 0 bridgehead atoms. The minimum Gasteiger partial charge on any atom is -0.354 e. The van der Waals surface area contributed by atoms with E-state index in [2.05, 4.69) is 43.8 Å². The van der Waals surface area contributed by atoms with Crippen LogP contribution in [0.1, 0.15) is 30.0 Å². The first kappa shape index (κ1) is 15.6. The number of benzene rings is 1. The molecule has 1 aromatic carbocycles. The van der Waals surface area contributed by atoms with E-state index in [-0.39, 0.29) is 11.7 Å². The fourth-order valence-corrected chi connectivity index (χ4v) is 4.22. The number of hydrogen-bond donors (Lipinski definition) is 3. The van der Waals surface area contributed by atoms with Crippen LogP contribution in [0.25, 0.3) is 11.2 Å². The highest BCUT2D eigenvalue weighted by atomic mass is 16.1. The Hall–Kier alpha value is -2.67. The van der Waals surface area contributed by atoms with Gasteiger partial charge in [-0.3, -0.25) is 4.57 Å². The lowest BCUT2D eigenvalue weighted by Gasteiger charge is -2.14. The minimum atomic E-state index is -0.117. The van der Waals surface area contributed by atoms with Gasteiger partial charge in [-0.15, -0.1) is 0 Å². The van der Waals surface area contributed by atoms with E-state index in [0.29, 0.717) is 23.0 Å². The lowest BCUT2D eigenvalue weighted by Crippen LogP contribution is -2.22. The normalized spacial score (nSPS) is 22.0. The molecule has 0 amide bonds. The Morgan fingerprint density at radius 1 is 1.27 bits per heavy atom. The first-order valence-corrected chi connectivity index (χ1v) is 9.29. The molecular weight excluding hydrogens is 328 g/mol. The fourth-order valence-electron chi connectivity index (χ4n) is 4.22. The maximum Gasteiger partial charge on any atom is 0.328 e. The molecular formula is C19H22N6O. The number of aromatic amines is 1. The van der Waals surface area contributed by atoms with Gasteiger partial charge < -0.3 is 15.6 Å². The van der Waals surface area contributed by atoms with E-state index in [9.17, 15) is 4.79 Å². The molecule has 5 rings (SSSR count). The number of aryl methyl sites for hydroxylation is 1. The summed E-state index contributed by atoms with van der Waals surface area (Å²) in [4.78, 5) is 24.6. The first-order valence-electron chi connectivity index (χ1n) is 9.29.